The van der Waals surface area contributed by atoms with Crippen LogP contribution in [-0.2, 0) is 0 Å². The second kappa shape index (κ2) is 6.07. The van der Waals surface area contributed by atoms with Crippen molar-refractivity contribution in [2.24, 2.45) is 5.84 Å². The molecule has 1 heterocycles. The molecule has 0 saturated carbocycles. The minimum absolute atomic E-state index is 0.107. The Balaban J connectivity index is 2.85. The van der Waals surface area contributed by atoms with Crippen LogP contribution >= 0.6 is 0 Å². The molecule has 8 nitrogen and oxygen atoms in total. The number of amides is 1. The fourth-order valence-corrected chi connectivity index (χ4v) is 1.99. The molecule has 0 atom stereocenters. The largest absolute Gasteiger partial charge is 0.494 e. The highest BCUT2D eigenvalue weighted by Crippen LogP contribution is 2.20. The Morgan fingerprint density at radius 2 is 2.14 bits per heavy atom. The van der Waals surface area contributed by atoms with Crippen LogP contribution in [0.5, 0.6) is 5.75 Å². The molecule has 0 spiro atoms. The maximum atomic E-state index is 12.4. The predicted molar refractivity (Wildman–Crippen MR) is 77.5 cm³/mol. The van der Waals surface area contributed by atoms with Crippen molar-refractivity contribution in [2.45, 2.75) is 6.92 Å². The van der Waals surface area contributed by atoms with Crippen molar-refractivity contribution in [3.63, 3.8) is 0 Å². The van der Waals surface area contributed by atoms with E-state index in [4.69, 9.17) is 10.6 Å². The Morgan fingerprint density at radius 1 is 1.45 bits per heavy atom. The average molecular weight is 299 g/mol. The first-order valence-electron chi connectivity index (χ1n) is 6.23. The molecule has 0 aliphatic carbocycles. The minimum Gasteiger partial charge on any atom is -0.494 e. The van der Waals surface area contributed by atoms with Gasteiger partial charge in [-0.25, -0.2) is 5.84 Å². The predicted octanol–water partition coefficient (Wildman–Crippen LogP) is 0.0247. The third kappa shape index (κ3) is 2.41. The number of nitrogen functional groups attached to an aromatic ring is 1. The summed E-state index contributed by atoms with van der Waals surface area (Å²) < 4.78 is 6.13. The number of hydrogen-bond donors (Lipinski definition) is 2. The Morgan fingerprint density at radius 3 is 2.73 bits per heavy atom. The minimum atomic E-state index is -0.697. The number of hydrogen-bond acceptors (Lipinski definition) is 6. The maximum absolute atomic E-state index is 12.4. The second-order valence-corrected chi connectivity index (χ2v) is 4.32. The summed E-state index contributed by atoms with van der Waals surface area (Å²) in [4.78, 5) is 24.2. The van der Waals surface area contributed by atoms with Gasteiger partial charge in [-0.3, -0.25) is 15.0 Å². The summed E-state index contributed by atoms with van der Waals surface area (Å²) in [7, 11) is 1.44. The number of carbonyl (C=O) groups excluding carboxylic acids is 1. The van der Waals surface area contributed by atoms with Gasteiger partial charge >= 0.3 is 0 Å². The van der Waals surface area contributed by atoms with Crippen molar-refractivity contribution in [1.82, 2.24) is 15.2 Å². The Bertz CT molecular complexity index is 835. The maximum Gasteiger partial charge on any atom is 0.289 e. The molecule has 1 amide bonds. The van der Waals surface area contributed by atoms with E-state index in [1.165, 1.54) is 14.0 Å². The van der Waals surface area contributed by atoms with E-state index < -0.39 is 11.5 Å². The van der Waals surface area contributed by atoms with E-state index in [2.05, 4.69) is 5.10 Å². The van der Waals surface area contributed by atoms with E-state index >= 15 is 0 Å². The van der Waals surface area contributed by atoms with Gasteiger partial charge in [-0.1, -0.05) is 12.1 Å². The molecule has 1 aromatic carbocycles. The van der Waals surface area contributed by atoms with E-state index in [9.17, 15) is 14.9 Å². The summed E-state index contributed by atoms with van der Waals surface area (Å²) in [6, 6.07) is 8.43. The molecule has 0 saturated heterocycles. The molecular formula is C14H13N5O3. The lowest BCUT2D eigenvalue weighted by Gasteiger charge is -2.12. The van der Waals surface area contributed by atoms with Crippen LogP contribution < -0.4 is 21.6 Å². The van der Waals surface area contributed by atoms with Crippen LogP contribution in [0.4, 0.5) is 0 Å². The van der Waals surface area contributed by atoms with Crippen molar-refractivity contribution in [3.05, 3.63) is 51.4 Å². The number of nitrogens with one attached hydrogen (secondary N) is 1. The molecule has 0 radical (unpaired) electrons. The normalized spacial score (nSPS) is 9.91. The van der Waals surface area contributed by atoms with Gasteiger partial charge in [-0.15, -0.1) is 0 Å². The summed E-state index contributed by atoms with van der Waals surface area (Å²) in [6.45, 7) is 1.46. The lowest BCUT2D eigenvalue weighted by molar-refractivity contribution is 0.0946. The van der Waals surface area contributed by atoms with Crippen LogP contribution in [0.3, 0.4) is 0 Å². The van der Waals surface area contributed by atoms with Crippen LogP contribution in [0, 0.1) is 18.3 Å². The average Bonchev–Trinajstić information content (AvgIpc) is 2.55. The fraction of sp³-hybridized carbons (Fsp3) is 0.143. The zero-order valence-electron chi connectivity index (χ0n) is 12.0. The molecule has 0 aliphatic heterocycles. The number of ether oxygens (including phenoxy) is 1. The van der Waals surface area contributed by atoms with Crippen LogP contribution in [-0.4, -0.2) is 22.8 Å². The van der Waals surface area contributed by atoms with E-state index in [0.717, 1.165) is 4.68 Å². The number of methoxy groups -OCH3 is 1. The lowest BCUT2D eigenvalue weighted by Crippen LogP contribution is -2.35. The smallest absolute Gasteiger partial charge is 0.289 e. The first-order chi connectivity index (χ1) is 10.5. The lowest BCUT2D eigenvalue weighted by atomic mass is 10.1. The monoisotopic (exact) mass is 299 g/mol. The third-order valence-corrected chi connectivity index (χ3v) is 3.11. The highest BCUT2D eigenvalue weighted by Gasteiger charge is 2.20. The number of hydrazine groups is 1. The zero-order valence-corrected chi connectivity index (χ0v) is 12.0. The van der Waals surface area contributed by atoms with Gasteiger partial charge in [0.05, 0.1) is 7.11 Å². The summed E-state index contributed by atoms with van der Waals surface area (Å²) in [5.41, 5.74) is 1.50. The van der Waals surface area contributed by atoms with Gasteiger partial charge in [0.1, 0.15) is 23.1 Å². The van der Waals surface area contributed by atoms with Crippen LogP contribution in [0.15, 0.2) is 29.1 Å². The van der Waals surface area contributed by atoms with Crippen molar-refractivity contribution < 1.29 is 9.53 Å². The first-order valence-corrected chi connectivity index (χ1v) is 6.23. The summed E-state index contributed by atoms with van der Waals surface area (Å²) in [5.74, 6) is 4.79. The second-order valence-electron chi connectivity index (χ2n) is 4.32. The number of nitrogens with zero attached hydrogens (tertiary/aromatic N) is 3. The van der Waals surface area contributed by atoms with Gasteiger partial charge in [-0.2, -0.15) is 15.0 Å². The van der Waals surface area contributed by atoms with Gasteiger partial charge in [0.25, 0.3) is 11.5 Å². The SMILES string of the molecule is COc1ccccc1-n1nc(C(=O)NN)c(C)c(C#N)c1=O. The van der Waals surface area contributed by atoms with Gasteiger partial charge in [0.15, 0.2) is 5.69 Å². The van der Waals surface area contributed by atoms with E-state index in [0.29, 0.717) is 11.4 Å². The van der Waals surface area contributed by atoms with Gasteiger partial charge in [0, 0.05) is 5.56 Å². The van der Waals surface area contributed by atoms with E-state index in [-0.39, 0.29) is 16.8 Å². The number of para-hydroxylation sites is 2. The highest BCUT2D eigenvalue weighted by molar-refractivity contribution is 5.93. The van der Waals surface area contributed by atoms with Crippen molar-refractivity contribution in [2.75, 3.05) is 7.11 Å². The molecule has 2 aromatic rings. The van der Waals surface area contributed by atoms with Gasteiger partial charge in [-0.05, 0) is 19.1 Å². The summed E-state index contributed by atoms with van der Waals surface area (Å²) in [6.07, 6.45) is 0. The first kappa shape index (κ1) is 15.2. The molecule has 0 bridgehead atoms. The van der Waals surface area contributed by atoms with E-state index in [1.807, 2.05) is 5.43 Å². The van der Waals surface area contributed by atoms with Crippen molar-refractivity contribution in [3.8, 4) is 17.5 Å². The van der Waals surface area contributed by atoms with Crippen molar-refractivity contribution >= 4 is 5.91 Å². The van der Waals surface area contributed by atoms with E-state index in [1.54, 1.807) is 30.3 Å². The number of aromatic nitrogens is 2. The molecule has 0 fully saturated rings. The highest BCUT2D eigenvalue weighted by atomic mass is 16.5. The van der Waals surface area contributed by atoms with Crippen LogP contribution in [0.2, 0.25) is 0 Å². The Kier molecular flexibility index (Phi) is 4.20. The number of carbonyl (C=O) groups is 1. The van der Waals surface area contributed by atoms with Gasteiger partial charge < -0.3 is 4.74 Å². The fourth-order valence-electron chi connectivity index (χ4n) is 1.99. The quantitative estimate of drug-likeness (QED) is 0.468. The molecule has 2 rings (SSSR count). The molecule has 3 N–H and O–H groups in total. The topological polar surface area (TPSA) is 123 Å². The molecule has 0 unspecified atom stereocenters. The third-order valence-electron chi connectivity index (χ3n) is 3.11. The van der Waals surface area contributed by atoms with Crippen LogP contribution in [0.1, 0.15) is 21.6 Å². The number of nitrogens with two attached hydrogens (primary N) is 1. The van der Waals surface area contributed by atoms with Gasteiger partial charge in [0.2, 0.25) is 0 Å². The Hall–Kier alpha value is -3.18. The summed E-state index contributed by atoms with van der Waals surface area (Å²) in [5, 5.41) is 13.2. The number of nitriles is 1. The number of benzene rings is 1. The molecule has 0 aliphatic rings. The van der Waals surface area contributed by atoms with Crippen molar-refractivity contribution in [1.29, 1.82) is 5.26 Å². The summed E-state index contributed by atoms with van der Waals surface area (Å²) >= 11 is 0. The zero-order chi connectivity index (χ0) is 16.3. The number of rotatable bonds is 3. The van der Waals surface area contributed by atoms with Crippen LogP contribution in [0.25, 0.3) is 5.69 Å². The Labute approximate surface area is 125 Å². The molecule has 22 heavy (non-hydrogen) atoms. The molecule has 8 heteroatoms. The molecule has 1 aromatic heterocycles. The molecular weight excluding hydrogens is 286 g/mol. The standard InChI is InChI=1S/C14H13N5O3/c1-8-9(7-15)14(21)19(18-12(8)13(20)17-16)10-5-3-4-6-11(10)22-2/h3-6H,16H2,1-2H3,(H,17,20). The molecule has 112 valence electrons.